The van der Waals surface area contributed by atoms with Gasteiger partial charge in [0.05, 0.1) is 12.7 Å². The van der Waals surface area contributed by atoms with Crippen LogP contribution in [0.1, 0.15) is 0 Å². The smallest absolute Gasteiger partial charge is 0.0931 e. The molecule has 0 aromatic rings. The van der Waals surface area contributed by atoms with Crippen LogP contribution in [0.5, 0.6) is 0 Å². The van der Waals surface area contributed by atoms with E-state index < -0.39 is 0 Å². The number of hydrogen-bond acceptors (Lipinski definition) is 3. The first-order valence-corrected chi connectivity index (χ1v) is 2.14. The fraction of sp³-hybridized carbons (Fsp3) is 0.400. The minimum Gasteiger partial charge on any atom is -0.400 e. The summed E-state index contributed by atoms with van der Waals surface area (Å²) in [7, 11) is 1.53. The lowest BCUT2D eigenvalue weighted by molar-refractivity contribution is 0.225. The van der Waals surface area contributed by atoms with Crippen molar-refractivity contribution in [2.24, 2.45) is 5.73 Å². The number of allylic oxidation sites excluding steroid dienone is 1. The van der Waals surface area contributed by atoms with Gasteiger partial charge < -0.3 is 10.5 Å². The summed E-state index contributed by atoms with van der Waals surface area (Å²) in [5.74, 6) is 0. The number of nitrogens with two attached hydrogens (primary N) is 1. The van der Waals surface area contributed by atoms with Crippen LogP contribution in [0.15, 0.2) is 11.8 Å². The molecule has 0 radical (unpaired) electrons. The van der Waals surface area contributed by atoms with Crippen LogP contribution >= 0.6 is 0 Å². The summed E-state index contributed by atoms with van der Waals surface area (Å²) in [6.45, 7) is 0.327. The molecular formula is C5H8N2O. The number of hydrogen-bond donors (Lipinski definition) is 1. The maximum atomic E-state index is 8.00. The molecule has 3 heteroatoms. The van der Waals surface area contributed by atoms with Crippen molar-refractivity contribution in [3.63, 3.8) is 0 Å². The lowest BCUT2D eigenvalue weighted by Crippen LogP contribution is -2.03. The Bertz CT molecular complexity index is 123. The molecule has 0 atom stereocenters. The average molecular weight is 112 g/mol. The Kier molecular flexibility index (Phi) is 3.63. The maximum Gasteiger partial charge on any atom is 0.0931 e. The van der Waals surface area contributed by atoms with Crippen LogP contribution in [-0.4, -0.2) is 13.7 Å². The van der Waals surface area contributed by atoms with E-state index in [-0.39, 0.29) is 0 Å². The van der Waals surface area contributed by atoms with Crippen LogP contribution in [-0.2, 0) is 4.74 Å². The van der Waals surface area contributed by atoms with Crippen molar-refractivity contribution >= 4 is 0 Å². The van der Waals surface area contributed by atoms with Crippen molar-refractivity contribution in [1.29, 1.82) is 5.26 Å². The van der Waals surface area contributed by atoms with Gasteiger partial charge in [-0.2, -0.15) is 5.26 Å². The first-order chi connectivity index (χ1) is 3.81. The molecule has 0 fully saturated rings. The zero-order valence-electron chi connectivity index (χ0n) is 4.72. The molecule has 0 bridgehead atoms. The quantitative estimate of drug-likeness (QED) is 0.511. The van der Waals surface area contributed by atoms with Crippen molar-refractivity contribution in [3.8, 4) is 6.07 Å². The monoisotopic (exact) mass is 112 g/mol. The highest BCUT2D eigenvalue weighted by molar-refractivity contribution is 5.09. The molecule has 0 aliphatic heterocycles. The van der Waals surface area contributed by atoms with Gasteiger partial charge >= 0.3 is 0 Å². The molecule has 0 amide bonds. The van der Waals surface area contributed by atoms with Gasteiger partial charge in [0, 0.05) is 18.9 Å². The molecule has 0 spiro atoms. The summed E-state index contributed by atoms with van der Waals surface area (Å²) in [4.78, 5) is 0. The van der Waals surface area contributed by atoms with Crippen molar-refractivity contribution in [2.75, 3.05) is 13.7 Å². The molecule has 0 aliphatic rings. The molecular weight excluding hydrogens is 104 g/mol. The summed E-state index contributed by atoms with van der Waals surface area (Å²) < 4.78 is 4.61. The summed E-state index contributed by atoms with van der Waals surface area (Å²) >= 11 is 0. The Labute approximate surface area is 48.4 Å². The Morgan fingerprint density at radius 1 is 2.00 bits per heavy atom. The molecule has 0 aromatic heterocycles. The zero-order chi connectivity index (χ0) is 6.41. The average Bonchev–Trinajstić information content (AvgIpc) is 1.68. The van der Waals surface area contributed by atoms with Gasteiger partial charge in [0.15, 0.2) is 0 Å². The van der Waals surface area contributed by atoms with Gasteiger partial charge in [-0.1, -0.05) is 0 Å². The van der Waals surface area contributed by atoms with E-state index in [0.29, 0.717) is 12.3 Å². The first-order valence-electron chi connectivity index (χ1n) is 2.14. The second-order valence-electron chi connectivity index (χ2n) is 1.28. The number of ether oxygens (including phenoxy) is 1. The molecule has 44 valence electrons. The third kappa shape index (κ3) is 3.19. The van der Waals surface area contributed by atoms with E-state index in [0.717, 1.165) is 0 Å². The third-order valence-corrected chi connectivity index (χ3v) is 0.561. The molecule has 0 saturated carbocycles. The molecule has 0 heterocycles. The van der Waals surface area contributed by atoms with Crippen molar-refractivity contribution < 1.29 is 4.74 Å². The molecule has 0 saturated heterocycles. The highest BCUT2D eigenvalue weighted by Crippen LogP contribution is 1.80. The minimum absolute atomic E-state index is 0.327. The molecule has 3 nitrogen and oxygen atoms in total. The first kappa shape index (κ1) is 6.99. The second kappa shape index (κ2) is 4.16. The summed E-state index contributed by atoms with van der Waals surface area (Å²) in [6.07, 6.45) is 1.25. The van der Waals surface area contributed by atoms with Gasteiger partial charge in [-0.3, -0.25) is 0 Å². The van der Waals surface area contributed by atoms with E-state index in [1.165, 1.54) is 13.2 Å². The number of methoxy groups -OCH3 is 1. The van der Waals surface area contributed by atoms with E-state index in [4.69, 9.17) is 11.0 Å². The molecule has 2 N–H and O–H groups in total. The molecule has 8 heavy (non-hydrogen) atoms. The Morgan fingerprint density at radius 2 is 2.62 bits per heavy atom. The molecule has 0 aromatic carbocycles. The van der Waals surface area contributed by atoms with Crippen molar-refractivity contribution in [1.82, 2.24) is 0 Å². The van der Waals surface area contributed by atoms with Crippen LogP contribution in [0, 0.1) is 11.3 Å². The zero-order valence-corrected chi connectivity index (χ0v) is 4.72. The fourth-order valence-corrected chi connectivity index (χ4v) is 0.291. The van der Waals surface area contributed by atoms with Gasteiger partial charge in [0.1, 0.15) is 0 Å². The maximum absolute atomic E-state index is 8.00. The van der Waals surface area contributed by atoms with Crippen LogP contribution in [0.4, 0.5) is 0 Å². The number of nitrogens with zero attached hydrogens (tertiary/aromatic N) is 1. The number of rotatable bonds is 2. The van der Waals surface area contributed by atoms with Gasteiger partial charge in [0.25, 0.3) is 0 Å². The van der Waals surface area contributed by atoms with E-state index in [9.17, 15) is 0 Å². The van der Waals surface area contributed by atoms with Gasteiger partial charge in [-0.15, -0.1) is 0 Å². The Balaban J connectivity index is 3.49. The minimum atomic E-state index is 0.327. The van der Waals surface area contributed by atoms with E-state index >= 15 is 0 Å². The highest BCUT2D eigenvalue weighted by Gasteiger charge is 1.82. The lowest BCUT2D eigenvalue weighted by Gasteiger charge is -1.92. The van der Waals surface area contributed by atoms with Crippen LogP contribution < -0.4 is 5.73 Å². The topological polar surface area (TPSA) is 59.0 Å². The Hall–Kier alpha value is -1.01. The lowest BCUT2D eigenvalue weighted by atomic mass is 10.4. The standard InChI is InChI=1S/C5H8N2O/c1-8-4-5(7)2-3-6/h2H,4,7H2,1H3/b5-2+. The van der Waals surface area contributed by atoms with Gasteiger partial charge in [-0.05, 0) is 0 Å². The van der Waals surface area contributed by atoms with E-state index in [2.05, 4.69) is 4.74 Å². The highest BCUT2D eigenvalue weighted by atomic mass is 16.5. The molecule has 0 rings (SSSR count). The summed E-state index contributed by atoms with van der Waals surface area (Å²) in [5, 5.41) is 8.00. The van der Waals surface area contributed by atoms with Gasteiger partial charge in [-0.25, -0.2) is 0 Å². The predicted octanol–water partition coefficient (Wildman–Crippen LogP) is -0.00102. The number of nitriles is 1. The van der Waals surface area contributed by atoms with Gasteiger partial charge in [0.2, 0.25) is 0 Å². The van der Waals surface area contributed by atoms with E-state index in [1.54, 1.807) is 6.07 Å². The van der Waals surface area contributed by atoms with Crippen LogP contribution in [0.25, 0.3) is 0 Å². The van der Waals surface area contributed by atoms with Crippen molar-refractivity contribution in [3.05, 3.63) is 11.8 Å². The normalized spacial score (nSPS) is 10.8. The van der Waals surface area contributed by atoms with Crippen LogP contribution in [0.2, 0.25) is 0 Å². The second-order valence-corrected chi connectivity index (χ2v) is 1.28. The molecule has 0 aliphatic carbocycles. The van der Waals surface area contributed by atoms with Crippen LogP contribution in [0.3, 0.4) is 0 Å². The fourth-order valence-electron chi connectivity index (χ4n) is 0.291. The third-order valence-electron chi connectivity index (χ3n) is 0.561. The largest absolute Gasteiger partial charge is 0.400 e. The van der Waals surface area contributed by atoms with E-state index in [1.807, 2.05) is 0 Å². The summed E-state index contributed by atoms with van der Waals surface area (Å²) in [6, 6.07) is 1.79. The Morgan fingerprint density at radius 3 is 3.00 bits per heavy atom. The van der Waals surface area contributed by atoms with Crippen molar-refractivity contribution in [2.45, 2.75) is 0 Å². The summed E-state index contributed by atoms with van der Waals surface area (Å²) in [5.41, 5.74) is 5.66. The molecule has 0 unspecified atom stereocenters. The SMILES string of the molecule is COC/C(N)=C\C#N. The predicted molar refractivity (Wildman–Crippen MR) is 29.8 cm³/mol.